The van der Waals surface area contributed by atoms with Crippen molar-refractivity contribution in [2.75, 3.05) is 6.61 Å². The quantitative estimate of drug-likeness (QED) is 0.600. The molecule has 1 aliphatic carbocycles. The van der Waals surface area contributed by atoms with E-state index in [0.717, 1.165) is 18.3 Å². The molecule has 0 unspecified atom stereocenters. The SMILES string of the molecule is c1ccc(OCCCCCC2CCCCC2)cc1. The van der Waals surface area contributed by atoms with E-state index < -0.39 is 0 Å². The Hall–Kier alpha value is -0.980. The summed E-state index contributed by atoms with van der Waals surface area (Å²) in [6.07, 6.45) is 12.8. The highest BCUT2D eigenvalue weighted by Crippen LogP contribution is 2.27. The van der Waals surface area contributed by atoms with Gasteiger partial charge in [-0.1, -0.05) is 69.6 Å². The summed E-state index contributed by atoms with van der Waals surface area (Å²) >= 11 is 0. The lowest BCUT2D eigenvalue weighted by Gasteiger charge is -2.21. The predicted octanol–water partition coefficient (Wildman–Crippen LogP) is 5.21. The van der Waals surface area contributed by atoms with Gasteiger partial charge in [-0.25, -0.2) is 0 Å². The van der Waals surface area contributed by atoms with Crippen LogP contribution in [0.4, 0.5) is 0 Å². The fourth-order valence-electron chi connectivity index (χ4n) is 2.89. The van der Waals surface area contributed by atoms with Crippen LogP contribution in [0.5, 0.6) is 5.75 Å². The number of hydrogen-bond donors (Lipinski definition) is 0. The van der Waals surface area contributed by atoms with Crippen LogP contribution in [-0.2, 0) is 0 Å². The lowest BCUT2D eigenvalue weighted by molar-refractivity contribution is 0.293. The number of unbranched alkanes of at least 4 members (excludes halogenated alkanes) is 2. The Morgan fingerprint density at radius 3 is 2.44 bits per heavy atom. The van der Waals surface area contributed by atoms with Crippen LogP contribution in [0.15, 0.2) is 30.3 Å². The van der Waals surface area contributed by atoms with Gasteiger partial charge in [0.05, 0.1) is 6.61 Å². The van der Waals surface area contributed by atoms with E-state index in [2.05, 4.69) is 0 Å². The molecule has 1 aromatic rings. The van der Waals surface area contributed by atoms with E-state index in [0.29, 0.717) is 0 Å². The molecule has 0 heterocycles. The minimum Gasteiger partial charge on any atom is -0.494 e. The zero-order valence-electron chi connectivity index (χ0n) is 11.4. The first-order valence-corrected chi connectivity index (χ1v) is 7.63. The second-order valence-corrected chi connectivity index (χ2v) is 5.51. The normalized spacial score (nSPS) is 16.7. The summed E-state index contributed by atoms with van der Waals surface area (Å²) in [5.74, 6) is 2.04. The van der Waals surface area contributed by atoms with E-state index in [9.17, 15) is 0 Å². The zero-order chi connectivity index (χ0) is 12.5. The zero-order valence-corrected chi connectivity index (χ0v) is 11.4. The lowest BCUT2D eigenvalue weighted by atomic mass is 9.86. The fraction of sp³-hybridized carbons (Fsp3) is 0.647. The van der Waals surface area contributed by atoms with Crippen LogP contribution in [0.1, 0.15) is 57.8 Å². The van der Waals surface area contributed by atoms with Crippen LogP contribution in [0, 0.1) is 5.92 Å². The summed E-state index contributed by atoms with van der Waals surface area (Å²) in [5, 5.41) is 0. The molecule has 1 saturated carbocycles. The highest BCUT2D eigenvalue weighted by atomic mass is 16.5. The van der Waals surface area contributed by atoms with Gasteiger partial charge < -0.3 is 4.74 Å². The van der Waals surface area contributed by atoms with E-state index in [1.807, 2.05) is 30.3 Å². The Kier molecular flexibility index (Phi) is 6.11. The van der Waals surface area contributed by atoms with Crippen LogP contribution in [-0.4, -0.2) is 6.61 Å². The van der Waals surface area contributed by atoms with Crippen molar-refractivity contribution < 1.29 is 4.74 Å². The molecule has 1 aromatic carbocycles. The van der Waals surface area contributed by atoms with Crippen LogP contribution in [0.2, 0.25) is 0 Å². The molecule has 2 rings (SSSR count). The van der Waals surface area contributed by atoms with Gasteiger partial charge in [0.2, 0.25) is 0 Å². The molecule has 1 nitrogen and oxygen atoms in total. The Bertz CT molecular complexity index is 301. The smallest absolute Gasteiger partial charge is 0.119 e. The van der Waals surface area contributed by atoms with E-state index in [1.54, 1.807) is 0 Å². The van der Waals surface area contributed by atoms with Crippen molar-refractivity contribution in [1.29, 1.82) is 0 Å². The molecule has 1 heteroatoms. The molecule has 0 aliphatic heterocycles. The number of para-hydroxylation sites is 1. The molecule has 100 valence electrons. The summed E-state index contributed by atoms with van der Waals surface area (Å²) in [6, 6.07) is 10.1. The van der Waals surface area contributed by atoms with Gasteiger partial charge in [0, 0.05) is 0 Å². The maximum atomic E-state index is 5.70. The maximum Gasteiger partial charge on any atom is 0.119 e. The average Bonchev–Trinajstić information content (AvgIpc) is 2.45. The molecule has 0 radical (unpaired) electrons. The summed E-state index contributed by atoms with van der Waals surface area (Å²) in [5.41, 5.74) is 0. The molecular weight excluding hydrogens is 220 g/mol. The number of benzene rings is 1. The van der Waals surface area contributed by atoms with Crippen molar-refractivity contribution in [3.8, 4) is 5.75 Å². The van der Waals surface area contributed by atoms with Gasteiger partial charge in [-0.05, 0) is 24.5 Å². The fourth-order valence-corrected chi connectivity index (χ4v) is 2.89. The largest absolute Gasteiger partial charge is 0.494 e. The van der Waals surface area contributed by atoms with Crippen molar-refractivity contribution in [3.63, 3.8) is 0 Å². The summed E-state index contributed by atoms with van der Waals surface area (Å²) in [6.45, 7) is 0.870. The van der Waals surface area contributed by atoms with Gasteiger partial charge in [0.1, 0.15) is 5.75 Å². The Labute approximate surface area is 112 Å². The van der Waals surface area contributed by atoms with Gasteiger partial charge in [0.25, 0.3) is 0 Å². The minimum atomic E-state index is 0.870. The second-order valence-electron chi connectivity index (χ2n) is 5.51. The lowest BCUT2D eigenvalue weighted by Crippen LogP contribution is -2.06. The first-order chi connectivity index (χ1) is 8.95. The highest BCUT2D eigenvalue weighted by Gasteiger charge is 2.12. The third-order valence-corrected chi connectivity index (χ3v) is 3.99. The minimum absolute atomic E-state index is 0.870. The molecule has 0 atom stereocenters. The van der Waals surface area contributed by atoms with Crippen LogP contribution < -0.4 is 4.74 Å². The van der Waals surface area contributed by atoms with Crippen LogP contribution in [0.25, 0.3) is 0 Å². The molecule has 18 heavy (non-hydrogen) atoms. The van der Waals surface area contributed by atoms with Crippen LogP contribution in [0.3, 0.4) is 0 Å². The first-order valence-electron chi connectivity index (χ1n) is 7.63. The molecule has 0 amide bonds. The van der Waals surface area contributed by atoms with E-state index in [4.69, 9.17) is 4.74 Å². The molecule has 0 aromatic heterocycles. The molecule has 1 aliphatic rings. The summed E-state index contributed by atoms with van der Waals surface area (Å²) < 4.78 is 5.70. The van der Waals surface area contributed by atoms with Gasteiger partial charge in [-0.2, -0.15) is 0 Å². The highest BCUT2D eigenvalue weighted by molar-refractivity contribution is 5.20. The molecule has 0 saturated heterocycles. The maximum absolute atomic E-state index is 5.70. The third kappa shape index (κ3) is 5.12. The molecule has 0 spiro atoms. The van der Waals surface area contributed by atoms with Crippen molar-refractivity contribution in [1.82, 2.24) is 0 Å². The van der Waals surface area contributed by atoms with Crippen molar-refractivity contribution >= 4 is 0 Å². The van der Waals surface area contributed by atoms with Gasteiger partial charge in [0.15, 0.2) is 0 Å². The molecular formula is C17H26O. The Balaban J connectivity index is 1.46. The number of rotatable bonds is 7. The first kappa shape index (κ1) is 13.5. The monoisotopic (exact) mass is 246 g/mol. The predicted molar refractivity (Wildman–Crippen MR) is 77.0 cm³/mol. The Morgan fingerprint density at radius 1 is 0.889 bits per heavy atom. The van der Waals surface area contributed by atoms with E-state index in [1.165, 1.54) is 57.8 Å². The second kappa shape index (κ2) is 8.18. The average molecular weight is 246 g/mol. The molecule has 0 bridgehead atoms. The van der Waals surface area contributed by atoms with E-state index in [-0.39, 0.29) is 0 Å². The van der Waals surface area contributed by atoms with Crippen molar-refractivity contribution in [2.24, 2.45) is 5.92 Å². The molecule has 0 N–H and O–H groups in total. The topological polar surface area (TPSA) is 9.23 Å². The number of ether oxygens (including phenoxy) is 1. The molecule has 1 fully saturated rings. The van der Waals surface area contributed by atoms with Crippen molar-refractivity contribution in [3.05, 3.63) is 30.3 Å². The van der Waals surface area contributed by atoms with Gasteiger partial charge >= 0.3 is 0 Å². The summed E-state index contributed by atoms with van der Waals surface area (Å²) in [4.78, 5) is 0. The van der Waals surface area contributed by atoms with E-state index >= 15 is 0 Å². The van der Waals surface area contributed by atoms with Gasteiger partial charge in [-0.3, -0.25) is 0 Å². The summed E-state index contributed by atoms with van der Waals surface area (Å²) in [7, 11) is 0. The van der Waals surface area contributed by atoms with Crippen LogP contribution >= 0.6 is 0 Å². The Morgan fingerprint density at radius 2 is 1.67 bits per heavy atom. The number of hydrogen-bond acceptors (Lipinski definition) is 1. The van der Waals surface area contributed by atoms with Crippen molar-refractivity contribution in [2.45, 2.75) is 57.8 Å². The standard InChI is InChI=1S/C17H26O/c1-4-10-16(11-5-1)12-6-3-9-15-18-17-13-7-2-8-14-17/h2,7-8,13-14,16H,1,3-6,9-12,15H2. The van der Waals surface area contributed by atoms with Gasteiger partial charge in [-0.15, -0.1) is 0 Å². The third-order valence-electron chi connectivity index (χ3n) is 3.99.